The van der Waals surface area contributed by atoms with Crippen LogP contribution in [0.15, 0.2) is 0 Å². The molecule has 0 aromatic rings. The van der Waals surface area contributed by atoms with Gasteiger partial charge in [0.1, 0.15) is 0 Å². The first-order valence-corrected chi connectivity index (χ1v) is 7.55. The Labute approximate surface area is 92.0 Å². The fraction of sp³-hybridized carbons (Fsp3) is 1.00. The molecule has 88 valence electrons. The molecule has 0 atom stereocenters. The number of hydrogen-bond donors (Lipinski definition) is 1. The lowest BCUT2D eigenvalue weighted by atomic mass is 9.59. The predicted octanol–water partition coefficient (Wildman–Crippen LogP) is 2.62. The highest BCUT2D eigenvalue weighted by atomic mass is 32.2. The van der Waals surface area contributed by atoms with Crippen molar-refractivity contribution < 1.29 is 13.0 Å². The molecule has 3 nitrogen and oxygen atoms in total. The highest BCUT2D eigenvalue weighted by Gasteiger charge is 2.39. The normalized spacial score (nSPS) is 26.5. The zero-order valence-electron chi connectivity index (χ0n) is 9.11. The Morgan fingerprint density at radius 1 is 1.13 bits per heavy atom. The minimum absolute atomic E-state index is 0.0509. The van der Waals surface area contributed by atoms with Gasteiger partial charge in [0, 0.05) is 0 Å². The van der Waals surface area contributed by atoms with Gasteiger partial charge in [0.15, 0.2) is 0 Å². The Morgan fingerprint density at radius 2 is 1.73 bits per heavy atom. The molecule has 0 saturated heterocycles. The quantitative estimate of drug-likeness (QED) is 0.761. The molecular weight excluding hydrogens is 212 g/mol. The minimum Gasteiger partial charge on any atom is -0.286 e. The molecule has 2 aliphatic carbocycles. The largest absolute Gasteiger partial charge is 0.286 e. The van der Waals surface area contributed by atoms with E-state index in [1.54, 1.807) is 0 Å². The third-order valence-electron chi connectivity index (χ3n) is 4.36. The van der Waals surface area contributed by atoms with E-state index in [4.69, 9.17) is 4.55 Å². The zero-order valence-corrected chi connectivity index (χ0v) is 9.93. The van der Waals surface area contributed by atoms with Crippen LogP contribution in [0.25, 0.3) is 0 Å². The van der Waals surface area contributed by atoms with Gasteiger partial charge in [-0.1, -0.05) is 6.42 Å². The van der Waals surface area contributed by atoms with Crippen LogP contribution in [0.4, 0.5) is 0 Å². The number of hydrogen-bond acceptors (Lipinski definition) is 2. The van der Waals surface area contributed by atoms with Crippen LogP contribution < -0.4 is 0 Å². The van der Waals surface area contributed by atoms with Crippen molar-refractivity contribution in [3.8, 4) is 0 Å². The monoisotopic (exact) mass is 232 g/mol. The van der Waals surface area contributed by atoms with Crippen molar-refractivity contribution in [1.82, 2.24) is 0 Å². The molecule has 0 radical (unpaired) electrons. The van der Waals surface area contributed by atoms with Gasteiger partial charge in [-0.25, -0.2) is 0 Å². The van der Waals surface area contributed by atoms with E-state index in [1.807, 2.05) is 0 Å². The maximum atomic E-state index is 10.6. The van der Waals surface area contributed by atoms with Crippen molar-refractivity contribution in [3.05, 3.63) is 0 Å². The summed E-state index contributed by atoms with van der Waals surface area (Å²) in [6.45, 7) is 0. The molecule has 2 saturated carbocycles. The summed E-state index contributed by atoms with van der Waals surface area (Å²) >= 11 is 0. The van der Waals surface area contributed by atoms with Crippen LogP contribution in [0.3, 0.4) is 0 Å². The van der Waals surface area contributed by atoms with E-state index in [2.05, 4.69) is 0 Å². The molecule has 0 aromatic carbocycles. The summed E-state index contributed by atoms with van der Waals surface area (Å²) in [6.07, 6.45) is 9.69. The standard InChI is InChI=1S/C11H20O3S/c12-15(13,14)9-4-10-2-7-11(8-3-10)5-1-6-11/h10H,1-9H2,(H,12,13,14). The van der Waals surface area contributed by atoms with Crippen LogP contribution >= 0.6 is 0 Å². The molecule has 4 heteroatoms. The lowest BCUT2D eigenvalue weighted by Crippen LogP contribution is -2.34. The molecular formula is C11H20O3S. The van der Waals surface area contributed by atoms with Gasteiger partial charge in [-0.2, -0.15) is 8.42 Å². The molecule has 15 heavy (non-hydrogen) atoms. The molecule has 2 rings (SSSR count). The molecule has 0 heterocycles. The second-order valence-corrected chi connectivity index (χ2v) is 6.94. The summed E-state index contributed by atoms with van der Waals surface area (Å²) in [6, 6.07) is 0. The van der Waals surface area contributed by atoms with Crippen LogP contribution in [0.2, 0.25) is 0 Å². The van der Waals surface area contributed by atoms with Crippen LogP contribution in [-0.4, -0.2) is 18.7 Å². The van der Waals surface area contributed by atoms with Gasteiger partial charge in [0.2, 0.25) is 0 Å². The second kappa shape index (κ2) is 4.06. The summed E-state index contributed by atoms with van der Waals surface area (Å²) in [5.41, 5.74) is 0.647. The van der Waals surface area contributed by atoms with Crippen LogP contribution in [0.5, 0.6) is 0 Å². The highest BCUT2D eigenvalue weighted by molar-refractivity contribution is 7.85. The van der Waals surface area contributed by atoms with Crippen molar-refractivity contribution in [1.29, 1.82) is 0 Å². The lowest BCUT2D eigenvalue weighted by molar-refractivity contribution is 0.0548. The van der Waals surface area contributed by atoms with Gasteiger partial charge in [-0.15, -0.1) is 0 Å². The van der Waals surface area contributed by atoms with Crippen molar-refractivity contribution in [2.75, 3.05) is 5.75 Å². The van der Waals surface area contributed by atoms with E-state index in [1.165, 1.54) is 32.1 Å². The molecule has 1 spiro atoms. The molecule has 0 aliphatic heterocycles. The SMILES string of the molecule is O=S(=O)(O)CCC1CCC2(CCC2)CC1. The minimum atomic E-state index is -3.74. The maximum absolute atomic E-state index is 10.6. The summed E-state index contributed by atoms with van der Waals surface area (Å²) < 4.78 is 29.9. The summed E-state index contributed by atoms with van der Waals surface area (Å²) in [5, 5.41) is 0. The maximum Gasteiger partial charge on any atom is 0.264 e. The first-order chi connectivity index (χ1) is 6.99. The second-order valence-electron chi connectivity index (χ2n) is 5.37. The average Bonchev–Trinajstić information content (AvgIpc) is 2.12. The molecule has 0 bridgehead atoms. The molecule has 0 aromatic heterocycles. The fourth-order valence-corrected chi connectivity index (χ4v) is 3.70. The average molecular weight is 232 g/mol. The van der Waals surface area contributed by atoms with Crippen molar-refractivity contribution in [2.45, 2.75) is 51.4 Å². The van der Waals surface area contributed by atoms with Gasteiger partial charge < -0.3 is 0 Å². The Kier molecular flexibility index (Phi) is 3.08. The molecule has 1 N–H and O–H groups in total. The summed E-state index contributed by atoms with van der Waals surface area (Å²) in [5.74, 6) is 0.475. The van der Waals surface area contributed by atoms with Gasteiger partial charge in [0.25, 0.3) is 10.1 Å². The summed E-state index contributed by atoms with van der Waals surface area (Å²) in [7, 11) is -3.74. The van der Waals surface area contributed by atoms with Crippen LogP contribution in [0, 0.1) is 11.3 Å². The Hall–Kier alpha value is -0.0900. The van der Waals surface area contributed by atoms with E-state index < -0.39 is 10.1 Å². The Balaban J connectivity index is 1.74. The van der Waals surface area contributed by atoms with Crippen LogP contribution in [0.1, 0.15) is 51.4 Å². The molecule has 0 unspecified atom stereocenters. The fourth-order valence-electron chi connectivity index (χ4n) is 3.07. The van der Waals surface area contributed by atoms with E-state index in [9.17, 15) is 8.42 Å². The first kappa shape index (κ1) is 11.4. The Bertz CT molecular complexity index is 307. The van der Waals surface area contributed by atoms with E-state index >= 15 is 0 Å². The third kappa shape index (κ3) is 2.94. The van der Waals surface area contributed by atoms with E-state index in [0.717, 1.165) is 12.8 Å². The molecule has 2 fully saturated rings. The molecule has 0 amide bonds. The first-order valence-electron chi connectivity index (χ1n) is 5.94. The number of rotatable bonds is 3. The highest BCUT2D eigenvalue weighted by Crippen LogP contribution is 2.53. The predicted molar refractivity (Wildman–Crippen MR) is 59.3 cm³/mol. The smallest absolute Gasteiger partial charge is 0.264 e. The zero-order chi connectivity index (χ0) is 10.9. The van der Waals surface area contributed by atoms with Crippen molar-refractivity contribution in [3.63, 3.8) is 0 Å². The van der Waals surface area contributed by atoms with E-state index in [0.29, 0.717) is 17.8 Å². The lowest BCUT2D eigenvalue weighted by Gasteiger charge is -2.47. The van der Waals surface area contributed by atoms with Gasteiger partial charge in [-0.05, 0) is 56.3 Å². The van der Waals surface area contributed by atoms with E-state index in [-0.39, 0.29) is 5.75 Å². The molecule has 2 aliphatic rings. The van der Waals surface area contributed by atoms with Crippen molar-refractivity contribution >= 4 is 10.1 Å². The van der Waals surface area contributed by atoms with Gasteiger partial charge in [-0.3, -0.25) is 4.55 Å². The van der Waals surface area contributed by atoms with Crippen LogP contribution in [-0.2, 0) is 10.1 Å². The third-order valence-corrected chi connectivity index (χ3v) is 5.12. The van der Waals surface area contributed by atoms with Gasteiger partial charge in [0.05, 0.1) is 5.75 Å². The summed E-state index contributed by atoms with van der Waals surface area (Å²) in [4.78, 5) is 0. The van der Waals surface area contributed by atoms with Gasteiger partial charge >= 0.3 is 0 Å². The Morgan fingerprint density at radius 3 is 2.13 bits per heavy atom. The van der Waals surface area contributed by atoms with Crippen molar-refractivity contribution in [2.24, 2.45) is 11.3 Å². The topological polar surface area (TPSA) is 54.4 Å².